The number of benzene rings is 2. The molecule has 0 aliphatic heterocycles. The van der Waals surface area contributed by atoms with Gasteiger partial charge < -0.3 is 4.79 Å². The summed E-state index contributed by atoms with van der Waals surface area (Å²) in [5.41, 5.74) is 2.32. The number of halogens is 4. The van der Waals surface area contributed by atoms with Gasteiger partial charge in [0.1, 0.15) is 17.9 Å². The highest BCUT2D eigenvalue weighted by atomic mass is 79.9. The Bertz CT molecular complexity index is 666. The van der Waals surface area contributed by atoms with E-state index in [-0.39, 0.29) is 6.42 Å². The first-order valence-electron chi connectivity index (χ1n) is 5.81. The molecule has 0 aromatic heterocycles. The number of hydrogen-bond donors (Lipinski definition) is 0. The maximum absolute atomic E-state index is 13.4. The fourth-order valence-corrected chi connectivity index (χ4v) is 3.07. The molecular formula is C15H10BrClF2O. The molecule has 0 aliphatic rings. The number of aldehydes is 1. The van der Waals surface area contributed by atoms with Crippen LogP contribution in [-0.2, 0) is 11.2 Å². The van der Waals surface area contributed by atoms with E-state index in [2.05, 4.69) is 15.9 Å². The van der Waals surface area contributed by atoms with Gasteiger partial charge in [-0.1, -0.05) is 11.6 Å². The third-order valence-corrected chi connectivity index (χ3v) is 4.37. The van der Waals surface area contributed by atoms with Crippen LogP contribution in [0.1, 0.15) is 11.1 Å². The number of carbonyl (C=O) groups is 1. The molecule has 0 N–H and O–H groups in total. The van der Waals surface area contributed by atoms with E-state index < -0.39 is 11.6 Å². The van der Waals surface area contributed by atoms with Crippen LogP contribution in [0.25, 0.3) is 11.1 Å². The molecule has 0 amide bonds. The van der Waals surface area contributed by atoms with Crippen molar-refractivity contribution in [1.82, 2.24) is 0 Å². The van der Waals surface area contributed by atoms with E-state index in [1.807, 2.05) is 0 Å². The Morgan fingerprint density at radius 3 is 2.35 bits per heavy atom. The molecule has 0 radical (unpaired) electrons. The van der Waals surface area contributed by atoms with Gasteiger partial charge in [-0.15, -0.1) is 0 Å². The topological polar surface area (TPSA) is 17.1 Å². The molecule has 0 saturated carbocycles. The second-order valence-electron chi connectivity index (χ2n) is 4.36. The van der Waals surface area contributed by atoms with Gasteiger partial charge in [-0.05, 0) is 57.7 Å². The summed E-state index contributed by atoms with van der Waals surface area (Å²) in [4.78, 5) is 10.8. The van der Waals surface area contributed by atoms with Gasteiger partial charge in [0, 0.05) is 27.5 Å². The largest absolute Gasteiger partial charge is 0.303 e. The van der Waals surface area contributed by atoms with Gasteiger partial charge in [0.15, 0.2) is 0 Å². The molecule has 20 heavy (non-hydrogen) atoms. The van der Waals surface area contributed by atoms with Crippen LogP contribution in [0.4, 0.5) is 8.78 Å². The van der Waals surface area contributed by atoms with Crippen LogP contribution >= 0.6 is 27.5 Å². The Morgan fingerprint density at radius 2 is 1.80 bits per heavy atom. The molecule has 0 atom stereocenters. The molecule has 0 unspecified atom stereocenters. The average Bonchev–Trinajstić information content (AvgIpc) is 2.35. The van der Waals surface area contributed by atoms with E-state index >= 15 is 0 Å². The molecular weight excluding hydrogens is 350 g/mol. The normalized spacial score (nSPS) is 10.7. The van der Waals surface area contributed by atoms with Crippen LogP contribution in [-0.4, -0.2) is 6.29 Å². The molecule has 0 saturated heterocycles. The van der Waals surface area contributed by atoms with Crippen LogP contribution in [0.2, 0.25) is 5.02 Å². The predicted octanol–water partition coefficient (Wildman–Crippen LogP) is 5.10. The monoisotopic (exact) mass is 358 g/mol. The van der Waals surface area contributed by atoms with Crippen molar-refractivity contribution < 1.29 is 13.6 Å². The molecule has 0 aliphatic carbocycles. The van der Waals surface area contributed by atoms with E-state index in [4.69, 9.17) is 11.6 Å². The minimum atomic E-state index is -0.670. The first-order valence-corrected chi connectivity index (χ1v) is 6.98. The van der Waals surface area contributed by atoms with Gasteiger partial charge in [-0.25, -0.2) is 8.78 Å². The summed E-state index contributed by atoms with van der Waals surface area (Å²) in [6.07, 6.45) is 0.846. The standard InChI is InChI=1S/C15H10BrClF2O/c1-8-13(17)6-9(2-3-20)14(15(8)16)10-4-11(18)7-12(19)5-10/h3-7H,2H2,1H3. The summed E-state index contributed by atoms with van der Waals surface area (Å²) in [7, 11) is 0. The maximum atomic E-state index is 13.4. The first kappa shape index (κ1) is 15.1. The fraction of sp³-hybridized carbons (Fsp3) is 0.133. The third kappa shape index (κ3) is 2.91. The van der Waals surface area contributed by atoms with Gasteiger partial charge in [-0.3, -0.25) is 0 Å². The quantitative estimate of drug-likeness (QED) is 0.697. The molecule has 2 aromatic carbocycles. The molecule has 0 bridgehead atoms. The van der Waals surface area contributed by atoms with Crippen LogP contribution in [0.3, 0.4) is 0 Å². The highest BCUT2D eigenvalue weighted by Gasteiger charge is 2.16. The lowest BCUT2D eigenvalue weighted by Crippen LogP contribution is -1.97. The number of rotatable bonds is 3. The lowest BCUT2D eigenvalue weighted by Gasteiger charge is -2.14. The van der Waals surface area contributed by atoms with Gasteiger partial charge in [0.05, 0.1) is 0 Å². The summed E-state index contributed by atoms with van der Waals surface area (Å²) in [6.45, 7) is 1.79. The summed E-state index contributed by atoms with van der Waals surface area (Å²) >= 11 is 9.48. The molecule has 2 rings (SSSR count). The van der Waals surface area contributed by atoms with Gasteiger partial charge >= 0.3 is 0 Å². The lowest BCUT2D eigenvalue weighted by atomic mass is 9.95. The molecule has 2 aromatic rings. The molecule has 0 heterocycles. The van der Waals surface area contributed by atoms with E-state index in [1.54, 1.807) is 13.0 Å². The Morgan fingerprint density at radius 1 is 1.20 bits per heavy atom. The smallest absolute Gasteiger partial charge is 0.126 e. The minimum Gasteiger partial charge on any atom is -0.303 e. The highest BCUT2D eigenvalue weighted by molar-refractivity contribution is 9.10. The second-order valence-corrected chi connectivity index (χ2v) is 5.56. The maximum Gasteiger partial charge on any atom is 0.126 e. The number of hydrogen-bond acceptors (Lipinski definition) is 1. The Kier molecular flexibility index (Phi) is 4.55. The molecule has 1 nitrogen and oxygen atoms in total. The predicted molar refractivity (Wildman–Crippen MR) is 79.0 cm³/mol. The fourth-order valence-electron chi connectivity index (χ4n) is 2.03. The van der Waals surface area contributed by atoms with Crippen molar-refractivity contribution >= 4 is 33.8 Å². The summed E-state index contributed by atoms with van der Waals surface area (Å²) < 4.78 is 27.4. The van der Waals surface area contributed by atoms with Crippen molar-refractivity contribution in [2.45, 2.75) is 13.3 Å². The van der Waals surface area contributed by atoms with Crippen molar-refractivity contribution in [3.8, 4) is 11.1 Å². The van der Waals surface area contributed by atoms with Crippen molar-refractivity contribution in [1.29, 1.82) is 0 Å². The van der Waals surface area contributed by atoms with E-state index in [0.29, 0.717) is 26.2 Å². The second kappa shape index (κ2) is 6.02. The zero-order chi connectivity index (χ0) is 14.9. The van der Waals surface area contributed by atoms with Gasteiger partial charge in [-0.2, -0.15) is 0 Å². The van der Waals surface area contributed by atoms with Gasteiger partial charge in [0.2, 0.25) is 0 Å². The SMILES string of the molecule is Cc1c(Cl)cc(CC=O)c(-c2cc(F)cc(F)c2)c1Br. The van der Waals surface area contributed by atoms with E-state index in [0.717, 1.165) is 17.9 Å². The zero-order valence-corrected chi connectivity index (χ0v) is 12.9. The molecule has 0 fully saturated rings. The zero-order valence-electron chi connectivity index (χ0n) is 10.5. The average molecular weight is 360 g/mol. The van der Waals surface area contributed by atoms with Gasteiger partial charge in [0.25, 0.3) is 0 Å². The van der Waals surface area contributed by atoms with Crippen LogP contribution in [0.15, 0.2) is 28.7 Å². The summed E-state index contributed by atoms with van der Waals surface area (Å²) in [5.74, 6) is -1.34. The molecule has 5 heteroatoms. The van der Waals surface area contributed by atoms with Crippen molar-refractivity contribution in [3.05, 3.63) is 56.5 Å². The molecule has 104 valence electrons. The van der Waals surface area contributed by atoms with E-state index in [9.17, 15) is 13.6 Å². The summed E-state index contributed by atoms with van der Waals surface area (Å²) in [6, 6.07) is 4.91. The first-order chi connectivity index (χ1) is 9.43. The summed E-state index contributed by atoms with van der Waals surface area (Å²) in [5, 5.41) is 0.495. The Balaban J connectivity index is 2.76. The van der Waals surface area contributed by atoms with Crippen molar-refractivity contribution in [3.63, 3.8) is 0 Å². The van der Waals surface area contributed by atoms with Crippen molar-refractivity contribution in [2.24, 2.45) is 0 Å². The molecule has 0 spiro atoms. The Labute approximate surface area is 128 Å². The minimum absolute atomic E-state index is 0.117. The van der Waals surface area contributed by atoms with Crippen molar-refractivity contribution in [2.75, 3.05) is 0 Å². The third-order valence-electron chi connectivity index (χ3n) is 2.98. The van der Waals surface area contributed by atoms with Crippen LogP contribution < -0.4 is 0 Å². The van der Waals surface area contributed by atoms with E-state index in [1.165, 1.54) is 12.1 Å². The van der Waals surface area contributed by atoms with Crippen LogP contribution in [0.5, 0.6) is 0 Å². The lowest BCUT2D eigenvalue weighted by molar-refractivity contribution is -0.107. The Hall–Kier alpha value is -1.26. The number of carbonyl (C=O) groups excluding carboxylic acids is 1. The highest BCUT2D eigenvalue weighted by Crippen LogP contribution is 2.38. The van der Waals surface area contributed by atoms with Crippen LogP contribution in [0, 0.1) is 18.6 Å².